The van der Waals surface area contributed by atoms with E-state index in [1.165, 1.54) is 16.7 Å². The van der Waals surface area contributed by atoms with Gasteiger partial charge in [0.15, 0.2) is 0 Å². The van der Waals surface area contributed by atoms with Gasteiger partial charge in [-0.1, -0.05) is 36.4 Å². The summed E-state index contributed by atoms with van der Waals surface area (Å²) in [5.74, 6) is 0.961. The lowest BCUT2D eigenvalue weighted by atomic mass is 9.90. The van der Waals surface area contributed by atoms with Crippen LogP contribution in [-0.2, 0) is 12.8 Å². The molecule has 1 atom stereocenters. The summed E-state index contributed by atoms with van der Waals surface area (Å²) < 4.78 is 5.98. The van der Waals surface area contributed by atoms with Crippen LogP contribution in [0, 0.1) is 0 Å². The molecular formula is C24H34N2O. The summed E-state index contributed by atoms with van der Waals surface area (Å²) in [6.07, 6.45) is 2.15. The Labute approximate surface area is 164 Å². The molecule has 1 aliphatic rings. The lowest BCUT2D eigenvalue weighted by molar-refractivity contribution is 0.142. The van der Waals surface area contributed by atoms with Crippen LogP contribution in [0.3, 0.4) is 0 Å². The van der Waals surface area contributed by atoms with E-state index in [-0.39, 0.29) is 0 Å². The molecular weight excluding hydrogens is 332 g/mol. The topological polar surface area (TPSA) is 24.5 Å². The van der Waals surface area contributed by atoms with Crippen molar-refractivity contribution in [3.05, 3.63) is 65.2 Å². The highest BCUT2D eigenvalue weighted by atomic mass is 16.5. The maximum Gasteiger partial charge on any atom is 0.119 e. The van der Waals surface area contributed by atoms with Gasteiger partial charge in [-0.2, -0.15) is 0 Å². The van der Waals surface area contributed by atoms with E-state index < -0.39 is 0 Å². The molecule has 0 aromatic heterocycles. The van der Waals surface area contributed by atoms with E-state index in [0.717, 1.165) is 38.3 Å². The third kappa shape index (κ3) is 5.33. The van der Waals surface area contributed by atoms with Crippen LogP contribution in [0.5, 0.6) is 5.75 Å². The van der Waals surface area contributed by atoms with Crippen LogP contribution in [0.2, 0.25) is 0 Å². The fourth-order valence-corrected chi connectivity index (χ4v) is 4.11. The Morgan fingerprint density at radius 1 is 1.00 bits per heavy atom. The van der Waals surface area contributed by atoms with Crippen molar-refractivity contribution in [3.63, 3.8) is 0 Å². The molecule has 0 aliphatic carbocycles. The highest BCUT2D eigenvalue weighted by molar-refractivity contribution is 5.35. The van der Waals surface area contributed by atoms with Gasteiger partial charge >= 0.3 is 0 Å². The fourth-order valence-electron chi connectivity index (χ4n) is 4.11. The van der Waals surface area contributed by atoms with Gasteiger partial charge in [-0.15, -0.1) is 0 Å². The standard InChI is InChI=1S/C24H34N2O/c1-18(2)26(19(3)4)15-16-27-22-11-9-20(10-12-22)17-24-23-8-6-5-7-21(23)13-14-25-24/h5-12,18-19,24-25H,13-17H2,1-4H3. The summed E-state index contributed by atoms with van der Waals surface area (Å²) in [4.78, 5) is 2.46. The van der Waals surface area contributed by atoms with Gasteiger partial charge in [-0.25, -0.2) is 0 Å². The largest absolute Gasteiger partial charge is 0.492 e. The third-order valence-electron chi connectivity index (χ3n) is 5.52. The lowest BCUT2D eigenvalue weighted by Gasteiger charge is -2.30. The first-order valence-electron chi connectivity index (χ1n) is 10.3. The van der Waals surface area contributed by atoms with Crippen LogP contribution in [0.25, 0.3) is 0 Å². The normalized spacial score (nSPS) is 16.8. The molecule has 1 unspecified atom stereocenters. The minimum absolute atomic E-state index is 0.410. The average molecular weight is 367 g/mol. The monoisotopic (exact) mass is 366 g/mol. The maximum atomic E-state index is 5.98. The Hall–Kier alpha value is -1.84. The van der Waals surface area contributed by atoms with Crippen molar-refractivity contribution in [2.24, 2.45) is 0 Å². The first kappa shape index (κ1) is 19.9. The molecule has 146 valence electrons. The van der Waals surface area contributed by atoms with E-state index in [1.807, 2.05) is 0 Å². The van der Waals surface area contributed by atoms with Crippen LogP contribution >= 0.6 is 0 Å². The molecule has 27 heavy (non-hydrogen) atoms. The zero-order valence-electron chi connectivity index (χ0n) is 17.2. The van der Waals surface area contributed by atoms with Crippen LogP contribution in [-0.4, -0.2) is 36.7 Å². The molecule has 0 fully saturated rings. The minimum Gasteiger partial charge on any atom is -0.492 e. The first-order chi connectivity index (χ1) is 13.0. The molecule has 3 rings (SSSR count). The zero-order chi connectivity index (χ0) is 19.2. The van der Waals surface area contributed by atoms with Crippen molar-refractivity contribution < 1.29 is 4.74 Å². The van der Waals surface area contributed by atoms with Crippen molar-refractivity contribution in [3.8, 4) is 5.75 Å². The number of fused-ring (bicyclic) bond motifs is 1. The predicted octanol–water partition coefficient (Wildman–Crippen LogP) is 4.61. The number of nitrogens with zero attached hydrogens (tertiary/aromatic N) is 1. The average Bonchev–Trinajstić information content (AvgIpc) is 2.66. The fraction of sp³-hybridized carbons (Fsp3) is 0.500. The lowest BCUT2D eigenvalue weighted by Crippen LogP contribution is -2.39. The molecule has 0 bridgehead atoms. The van der Waals surface area contributed by atoms with E-state index >= 15 is 0 Å². The second-order valence-corrected chi connectivity index (χ2v) is 8.08. The van der Waals surface area contributed by atoms with E-state index in [0.29, 0.717) is 18.1 Å². The molecule has 3 nitrogen and oxygen atoms in total. The molecule has 1 heterocycles. The molecule has 0 saturated heterocycles. The highest BCUT2D eigenvalue weighted by Gasteiger charge is 2.19. The van der Waals surface area contributed by atoms with E-state index in [1.54, 1.807) is 0 Å². The summed E-state index contributed by atoms with van der Waals surface area (Å²) in [5, 5.41) is 3.67. The number of benzene rings is 2. The Morgan fingerprint density at radius 2 is 1.70 bits per heavy atom. The number of hydrogen-bond acceptors (Lipinski definition) is 3. The van der Waals surface area contributed by atoms with Crippen LogP contribution < -0.4 is 10.1 Å². The third-order valence-corrected chi connectivity index (χ3v) is 5.52. The van der Waals surface area contributed by atoms with Crippen molar-refractivity contribution in [1.29, 1.82) is 0 Å². The smallest absolute Gasteiger partial charge is 0.119 e. The molecule has 1 N–H and O–H groups in total. The Bertz CT molecular complexity index is 701. The Morgan fingerprint density at radius 3 is 2.41 bits per heavy atom. The predicted molar refractivity (Wildman–Crippen MR) is 114 cm³/mol. The minimum atomic E-state index is 0.410. The van der Waals surface area contributed by atoms with Gasteiger partial charge in [0, 0.05) is 24.7 Å². The van der Waals surface area contributed by atoms with Gasteiger partial charge in [0.2, 0.25) is 0 Å². The summed E-state index contributed by atoms with van der Waals surface area (Å²) in [6.45, 7) is 11.7. The van der Waals surface area contributed by atoms with Crippen molar-refractivity contribution in [1.82, 2.24) is 10.2 Å². The summed E-state index contributed by atoms with van der Waals surface area (Å²) in [5.41, 5.74) is 4.29. The zero-order valence-corrected chi connectivity index (χ0v) is 17.2. The van der Waals surface area contributed by atoms with Crippen LogP contribution in [0.1, 0.15) is 50.4 Å². The van der Waals surface area contributed by atoms with Gasteiger partial charge in [0.05, 0.1) is 0 Å². The molecule has 0 spiro atoms. The number of ether oxygens (including phenoxy) is 1. The molecule has 2 aromatic carbocycles. The quantitative estimate of drug-likeness (QED) is 0.738. The van der Waals surface area contributed by atoms with E-state index in [2.05, 4.69) is 86.4 Å². The van der Waals surface area contributed by atoms with Gasteiger partial charge in [0.25, 0.3) is 0 Å². The molecule has 1 aliphatic heterocycles. The van der Waals surface area contributed by atoms with Crippen molar-refractivity contribution >= 4 is 0 Å². The SMILES string of the molecule is CC(C)N(CCOc1ccc(CC2NCCc3ccccc32)cc1)C(C)C. The Balaban J connectivity index is 1.54. The molecule has 0 amide bonds. The highest BCUT2D eigenvalue weighted by Crippen LogP contribution is 2.26. The first-order valence-corrected chi connectivity index (χ1v) is 10.3. The number of nitrogens with one attached hydrogen (secondary N) is 1. The number of hydrogen-bond donors (Lipinski definition) is 1. The van der Waals surface area contributed by atoms with Crippen LogP contribution in [0.4, 0.5) is 0 Å². The van der Waals surface area contributed by atoms with Gasteiger partial charge in [-0.05, 0) is 75.9 Å². The molecule has 0 radical (unpaired) electrons. The summed E-state index contributed by atoms with van der Waals surface area (Å²) >= 11 is 0. The van der Waals surface area contributed by atoms with E-state index in [4.69, 9.17) is 4.74 Å². The van der Waals surface area contributed by atoms with Gasteiger partial charge < -0.3 is 10.1 Å². The van der Waals surface area contributed by atoms with Crippen LogP contribution in [0.15, 0.2) is 48.5 Å². The Kier molecular flexibility index (Phi) is 6.92. The van der Waals surface area contributed by atoms with E-state index in [9.17, 15) is 0 Å². The van der Waals surface area contributed by atoms with Crippen molar-refractivity contribution in [2.75, 3.05) is 19.7 Å². The second-order valence-electron chi connectivity index (χ2n) is 8.08. The maximum absolute atomic E-state index is 5.98. The number of rotatable bonds is 8. The summed E-state index contributed by atoms with van der Waals surface area (Å²) in [7, 11) is 0. The molecule has 3 heteroatoms. The molecule has 0 saturated carbocycles. The van der Waals surface area contributed by atoms with Gasteiger partial charge in [0.1, 0.15) is 12.4 Å². The molecule has 2 aromatic rings. The van der Waals surface area contributed by atoms with Crippen molar-refractivity contribution in [2.45, 2.75) is 58.7 Å². The summed E-state index contributed by atoms with van der Waals surface area (Å²) in [6, 6.07) is 18.9. The van der Waals surface area contributed by atoms with Gasteiger partial charge in [-0.3, -0.25) is 4.90 Å². The second kappa shape index (κ2) is 9.38.